The zero-order chi connectivity index (χ0) is 15.3. The topological polar surface area (TPSA) is 61.9 Å². The number of anilines is 1. The van der Waals surface area contributed by atoms with Crippen molar-refractivity contribution in [1.82, 2.24) is 4.90 Å². The van der Waals surface area contributed by atoms with Crippen molar-refractivity contribution in [3.8, 4) is 0 Å². The third kappa shape index (κ3) is 1.63. The average molecular weight is 294 g/mol. The molecule has 1 saturated heterocycles. The van der Waals surface area contributed by atoms with Crippen LogP contribution in [-0.2, 0) is 9.53 Å². The van der Waals surface area contributed by atoms with Crippen LogP contribution in [0.3, 0.4) is 0 Å². The van der Waals surface area contributed by atoms with Gasteiger partial charge in [0.25, 0.3) is 17.5 Å². The number of nitrogens with one attached hydrogen (secondary N) is 1. The summed E-state index contributed by atoms with van der Waals surface area (Å²) in [4.78, 5) is 26.7. The molecule has 0 aliphatic carbocycles. The Bertz CT molecular complexity index is 774. The lowest BCUT2D eigenvalue weighted by atomic mass is 10.0. The van der Waals surface area contributed by atoms with Gasteiger partial charge in [-0.15, -0.1) is 0 Å². The minimum atomic E-state index is -1.27. The molecular weight excluding hydrogens is 280 g/mol. The predicted octanol–water partition coefficient (Wildman–Crippen LogP) is 2.18. The smallest absolute Gasteiger partial charge is 0.281 e. The minimum Gasteiger partial charge on any atom is -0.331 e. The largest absolute Gasteiger partial charge is 0.331 e. The van der Waals surface area contributed by atoms with Gasteiger partial charge in [-0.05, 0) is 17.7 Å². The highest BCUT2D eigenvalue weighted by Crippen LogP contribution is 2.53. The molecule has 2 atom stereocenters. The number of fused-ring (bicyclic) bond motifs is 1. The van der Waals surface area contributed by atoms with Crippen LogP contribution in [0.2, 0.25) is 0 Å². The van der Waals surface area contributed by atoms with E-state index < -0.39 is 11.8 Å². The van der Waals surface area contributed by atoms with E-state index in [4.69, 9.17) is 4.74 Å². The van der Waals surface area contributed by atoms with Gasteiger partial charge in [-0.3, -0.25) is 9.59 Å². The van der Waals surface area contributed by atoms with Crippen molar-refractivity contribution >= 4 is 17.5 Å². The highest BCUT2D eigenvalue weighted by Gasteiger charge is 2.68. The van der Waals surface area contributed by atoms with Gasteiger partial charge in [0.15, 0.2) is 0 Å². The molecule has 2 aromatic rings. The lowest BCUT2D eigenvalue weighted by Gasteiger charge is -2.21. The van der Waals surface area contributed by atoms with E-state index in [1.807, 2.05) is 30.3 Å². The van der Waals surface area contributed by atoms with Crippen molar-refractivity contribution in [1.29, 1.82) is 0 Å². The van der Waals surface area contributed by atoms with E-state index in [0.717, 1.165) is 5.56 Å². The van der Waals surface area contributed by atoms with Gasteiger partial charge in [0.1, 0.15) is 6.10 Å². The molecule has 5 nitrogen and oxygen atoms in total. The first-order chi connectivity index (χ1) is 10.6. The summed E-state index contributed by atoms with van der Waals surface area (Å²) >= 11 is 0. The number of hydrogen-bond acceptors (Lipinski definition) is 3. The van der Waals surface area contributed by atoms with E-state index in [1.54, 1.807) is 31.3 Å². The molecule has 2 aliphatic rings. The molecule has 5 heteroatoms. The van der Waals surface area contributed by atoms with Crippen LogP contribution in [0.25, 0.3) is 0 Å². The first-order valence-electron chi connectivity index (χ1n) is 7.06. The number of amides is 2. The number of hydrogen-bond donors (Lipinski definition) is 1. The molecule has 22 heavy (non-hydrogen) atoms. The van der Waals surface area contributed by atoms with Crippen molar-refractivity contribution < 1.29 is 14.3 Å². The molecule has 2 amide bonds. The van der Waals surface area contributed by atoms with Crippen molar-refractivity contribution in [2.75, 3.05) is 12.4 Å². The number of epoxide rings is 1. The highest BCUT2D eigenvalue weighted by molar-refractivity contribution is 6.12. The molecule has 0 saturated carbocycles. The van der Waals surface area contributed by atoms with Crippen LogP contribution < -0.4 is 5.32 Å². The molecule has 2 heterocycles. The zero-order valence-corrected chi connectivity index (χ0v) is 11.9. The fraction of sp³-hybridized carbons (Fsp3) is 0.176. The van der Waals surface area contributed by atoms with E-state index in [1.165, 1.54) is 4.90 Å². The van der Waals surface area contributed by atoms with E-state index in [0.29, 0.717) is 11.3 Å². The quantitative estimate of drug-likeness (QED) is 0.820. The number of carbonyl (C=O) groups excluding carboxylic acids is 2. The van der Waals surface area contributed by atoms with Crippen LogP contribution in [0.1, 0.15) is 22.0 Å². The van der Waals surface area contributed by atoms with Crippen LogP contribution >= 0.6 is 0 Å². The SMILES string of the molecule is CN1C(=O)c2ccccc2NC(=O)[C@@]12O[C@@H]2c1ccccc1. The third-order valence-corrected chi connectivity index (χ3v) is 4.23. The summed E-state index contributed by atoms with van der Waals surface area (Å²) in [5, 5.41) is 2.81. The summed E-state index contributed by atoms with van der Waals surface area (Å²) in [6, 6.07) is 16.4. The Morgan fingerprint density at radius 3 is 2.50 bits per heavy atom. The van der Waals surface area contributed by atoms with Gasteiger partial charge in [0, 0.05) is 7.05 Å². The summed E-state index contributed by atoms with van der Waals surface area (Å²) in [6.07, 6.45) is -0.447. The third-order valence-electron chi connectivity index (χ3n) is 4.23. The Hall–Kier alpha value is -2.66. The Morgan fingerprint density at radius 2 is 1.73 bits per heavy atom. The summed E-state index contributed by atoms with van der Waals surface area (Å²) in [5.41, 5.74) is 0.599. The first-order valence-corrected chi connectivity index (χ1v) is 7.06. The highest BCUT2D eigenvalue weighted by atomic mass is 16.6. The number of carbonyl (C=O) groups is 2. The van der Waals surface area contributed by atoms with Crippen LogP contribution in [0.15, 0.2) is 54.6 Å². The van der Waals surface area contributed by atoms with Gasteiger partial charge in [-0.1, -0.05) is 42.5 Å². The molecule has 2 aromatic carbocycles. The van der Waals surface area contributed by atoms with Crippen molar-refractivity contribution in [2.24, 2.45) is 0 Å². The second-order valence-electron chi connectivity index (χ2n) is 5.47. The molecular formula is C17H14N2O3. The zero-order valence-electron chi connectivity index (χ0n) is 11.9. The maximum Gasteiger partial charge on any atom is 0.281 e. The summed E-state index contributed by atoms with van der Waals surface area (Å²) in [5.74, 6) is -0.547. The van der Waals surface area contributed by atoms with Crippen LogP contribution in [0, 0.1) is 0 Å². The molecule has 1 spiro atoms. The molecule has 2 aliphatic heterocycles. The summed E-state index contributed by atoms with van der Waals surface area (Å²) in [6.45, 7) is 0. The van der Waals surface area contributed by atoms with Gasteiger partial charge >= 0.3 is 0 Å². The van der Waals surface area contributed by atoms with Gasteiger partial charge in [-0.25, -0.2) is 0 Å². The number of para-hydroxylation sites is 1. The van der Waals surface area contributed by atoms with Crippen molar-refractivity contribution in [3.05, 3.63) is 65.7 Å². The molecule has 0 aromatic heterocycles. The lowest BCUT2D eigenvalue weighted by Crippen LogP contribution is -2.46. The molecule has 1 fully saturated rings. The minimum absolute atomic E-state index is 0.229. The van der Waals surface area contributed by atoms with Crippen molar-refractivity contribution in [2.45, 2.75) is 11.8 Å². The molecule has 1 N–H and O–H groups in total. The van der Waals surface area contributed by atoms with E-state index in [-0.39, 0.29) is 11.8 Å². The Kier molecular flexibility index (Phi) is 2.62. The van der Waals surface area contributed by atoms with Crippen LogP contribution in [0.4, 0.5) is 5.69 Å². The fourth-order valence-corrected chi connectivity index (χ4v) is 2.97. The normalized spacial score (nSPS) is 26.4. The lowest BCUT2D eigenvalue weighted by molar-refractivity contribution is -0.125. The standard InChI is InChI=1S/C17H14N2O3/c1-19-15(20)12-9-5-6-10-13(12)18-16(21)17(19)14(22-17)11-7-3-2-4-8-11/h2-10,14H,1H3,(H,18,21)/t14-,17-/m1/s1. The molecule has 0 unspecified atom stereocenters. The molecule has 110 valence electrons. The van der Waals surface area contributed by atoms with Crippen molar-refractivity contribution in [3.63, 3.8) is 0 Å². The van der Waals surface area contributed by atoms with Crippen LogP contribution in [0.5, 0.6) is 0 Å². The Balaban J connectivity index is 1.77. The average Bonchev–Trinajstić information content (AvgIpc) is 3.32. The predicted molar refractivity (Wildman–Crippen MR) is 80.2 cm³/mol. The maximum absolute atomic E-state index is 12.7. The number of rotatable bonds is 1. The van der Waals surface area contributed by atoms with Gasteiger partial charge in [0.2, 0.25) is 0 Å². The van der Waals surface area contributed by atoms with Gasteiger partial charge in [0.05, 0.1) is 11.3 Å². The van der Waals surface area contributed by atoms with Gasteiger partial charge < -0.3 is 15.0 Å². The Labute approximate surface area is 127 Å². The van der Waals surface area contributed by atoms with E-state index in [2.05, 4.69) is 5.32 Å². The monoisotopic (exact) mass is 294 g/mol. The fourth-order valence-electron chi connectivity index (χ4n) is 2.97. The van der Waals surface area contributed by atoms with Crippen LogP contribution in [-0.4, -0.2) is 29.5 Å². The van der Waals surface area contributed by atoms with E-state index in [9.17, 15) is 9.59 Å². The number of ether oxygens (including phenoxy) is 1. The van der Waals surface area contributed by atoms with Gasteiger partial charge in [-0.2, -0.15) is 0 Å². The number of nitrogens with zero attached hydrogens (tertiary/aromatic N) is 1. The molecule has 0 bridgehead atoms. The molecule has 4 rings (SSSR count). The maximum atomic E-state index is 12.7. The second-order valence-corrected chi connectivity index (χ2v) is 5.47. The number of benzene rings is 2. The molecule has 0 radical (unpaired) electrons. The summed E-state index contributed by atoms with van der Waals surface area (Å²) in [7, 11) is 1.60. The first kappa shape index (κ1) is 13.0. The number of likely N-dealkylation sites (N-methyl/N-ethyl adjacent to an activating group) is 1. The van der Waals surface area contributed by atoms with E-state index >= 15 is 0 Å². The Morgan fingerprint density at radius 1 is 1.05 bits per heavy atom. The second kappa shape index (κ2) is 4.42. The summed E-state index contributed by atoms with van der Waals surface area (Å²) < 4.78 is 5.73.